The Labute approximate surface area is 124 Å². The Kier molecular flexibility index (Phi) is 3.13. The van der Waals surface area contributed by atoms with Gasteiger partial charge in [0.15, 0.2) is 5.65 Å². The number of hydrogen-bond acceptors (Lipinski definition) is 4. The number of nitrogens with one attached hydrogen (secondary N) is 1. The van der Waals surface area contributed by atoms with Gasteiger partial charge in [-0.25, -0.2) is 17.4 Å². The lowest BCUT2D eigenvalue weighted by Crippen LogP contribution is -2.37. The first-order valence-corrected chi connectivity index (χ1v) is 8.17. The van der Waals surface area contributed by atoms with Crippen LogP contribution in [0, 0.1) is 0 Å². The Morgan fingerprint density at radius 3 is 2.76 bits per heavy atom. The molecular formula is C15H17N3O2S. The summed E-state index contributed by atoms with van der Waals surface area (Å²) in [4.78, 5) is 4.38. The summed E-state index contributed by atoms with van der Waals surface area (Å²) in [6.07, 6.45) is 9.27. The van der Waals surface area contributed by atoms with E-state index in [2.05, 4.69) is 10.3 Å². The lowest BCUT2D eigenvalue weighted by atomic mass is 10.0. The van der Waals surface area contributed by atoms with Crippen LogP contribution in [0.2, 0.25) is 0 Å². The summed E-state index contributed by atoms with van der Waals surface area (Å²) in [6.45, 7) is 1.73. The fourth-order valence-electron chi connectivity index (χ4n) is 2.44. The van der Waals surface area contributed by atoms with Crippen molar-refractivity contribution < 1.29 is 8.42 Å². The number of nitrogens with zero attached hydrogens (tertiary/aromatic N) is 2. The van der Waals surface area contributed by atoms with E-state index in [1.807, 2.05) is 24.3 Å². The largest absolute Gasteiger partial charge is 0.373 e. The Morgan fingerprint density at radius 1 is 1.29 bits per heavy atom. The Balaban J connectivity index is 2.19. The van der Waals surface area contributed by atoms with E-state index in [0.29, 0.717) is 17.9 Å². The molecule has 110 valence electrons. The fraction of sp³-hybridized carbons (Fsp3) is 0.267. The van der Waals surface area contributed by atoms with Gasteiger partial charge in [-0.05, 0) is 31.5 Å². The van der Waals surface area contributed by atoms with Gasteiger partial charge in [0.1, 0.15) is 10.6 Å². The van der Waals surface area contributed by atoms with Crippen molar-refractivity contribution in [1.29, 1.82) is 0 Å². The highest BCUT2D eigenvalue weighted by Gasteiger charge is 2.38. The van der Waals surface area contributed by atoms with Crippen molar-refractivity contribution in [3.05, 3.63) is 48.7 Å². The van der Waals surface area contributed by atoms with E-state index in [-0.39, 0.29) is 0 Å². The monoisotopic (exact) mass is 303 g/mol. The van der Waals surface area contributed by atoms with Crippen LogP contribution in [0.15, 0.2) is 48.7 Å². The van der Waals surface area contributed by atoms with Gasteiger partial charge in [-0.3, -0.25) is 0 Å². The van der Waals surface area contributed by atoms with Crippen LogP contribution < -0.4 is 5.32 Å². The second-order valence-electron chi connectivity index (χ2n) is 5.28. The minimum Gasteiger partial charge on any atom is -0.373 e. The van der Waals surface area contributed by atoms with E-state index in [4.69, 9.17) is 0 Å². The molecule has 0 aliphatic heterocycles. The average molecular weight is 303 g/mol. The van der Waals surface area contributed by atoms with Crippen molar-refractivity contribution in [1.82, 2.24) is 8.96 Å². The average Bonchev–Trinajstić information content (AvgIpc) is 2.91. The van der Waals surface area contributed by atoms with Crippen LogP contribution in [-0.4, -0.2) is 29.2 Å². The molecule has 2 aromatic heterocycles. The predicted molar refractivity (Wildman–Crippen MR) is 84.9 cm³/mol. The molecule has 0 aromatic carbocycles. The number of hydrogen-bond donors (Lipinski definition) is 1. The zero-order valence-corrected chi connectivity index (χ0v) is 12.8. The minimum absolute atomic E-state index is 0.450. The van der Waals surface area contributed by atoms with Gasteiger partial charge in [0.25, 0.3) is 0 Å². The highest BCUT2D eigenvalue weighted by atomic mass is 32.2. The first-order chi connectivity index (χ1) is 9.98. The van der Waals surface area contributed by atoms with Crippen LogP contribution in [0.5, 0.6) is 0 Å². The third kappa shape index (κ3) is 2.06. The molecule has 0 amide bonds. The lowest BCUT2D eigenvalue weighted by Gasteiger charge is -2.26. The van der Waals surface area contributed by atoms with Crippen LogP contribution in [0.4, 0.5) is 5.82 Å². The van der Waals surface area contributed by atoms with Gasteiger partial charge in [-0.2, -0.15) is 0 Å². The van der Waals surface area contributed by atoms with E-state index in [9.17, 15) is 8.42 Å². The van der Waals surface area contributed by atoms with Crippen molar-refractivity contribution in [2.45, 2.75) is 18.1 Å². The maximum absolute atomic E-state index is 13.0. The molecule has 2 aromatic rings. The molecule has 0 radical (unpaired) electrons. The highest BCUT2D eigenvalue weighted by Crippen LogP contribution is 2.31. The summed E-state index contributed by atoms with van der Waals surface area (Å²) in [7, 11) is -1.83. The van der Waals surface area contributed by atoms with Crippen molar-refractivity contribution in [3.8, 4) is 0 Å². The van der Waals surface area contributed by atoms with E-state index in [1.54, 1.807) is 38.4 Å². The first-order valence-electron chi connectivity index (χ1n) is 6.73. The van der Waals surface area contributed by atoms with Gasteiger partial charge in [0, 0.05) is 18.6 Å². The molecule has 5 nitrogen and oxygen atoms in total. The second-order valence-corrected chi connectivity index (χ2v) is 7.56. The number of fused-ring (bicyclic) bond motifs is 1. The Morgan fingerprint density at radius 2 is 2.10 bits per heavy atom. The molecular weight excluding hydrogens is 286 g/mol. The number of aromatic nitrogens is 2. The molecule has 2 heterocycles. The molecule has 1 unspecified atom stereocenters. The van der Waals surface area contributed by atoms with Gasteiger partial charge >= 0.3 is 0 Å². The molecule has 0 saturated carbocycles. The summed E-state index contributed by atoms with van der Waals surface area (Å²) in [5.41, 5.74) is 0.450. The zero-order chi connectivity index (χ0) is 15.1. The van der Waals surface area contributed by atoms with Crippen LogP contribution in [-0.2, 0) is 10.0 Å². The van der Waals surface area contributed by atoms with Gasteiger partial charge in [-0.15, -0.1) is 0 Å². The number of rotatable bonds is 3. The molecule has 0 fully saturated rings. The summed E-state index contributed by atoms with van der Waals surface area (Å²) >= 11 is 0. The summed E-state index contributed by atoms with van der Waals surface area (Å²) in [5.74, 6) is 0.641. The molecule has 6 heteroatoms. The van der Waals surface area contributed by atoms with Crippen molar-refractivity contribution in [2.24, 2.45) is 0 Å². The quantitative estimate of drug-likeness (QED) is 0.946. The Bertz CT molecular complexity index is 849. The van der Waals surface area contributed by atoms with E-state index >= 15 is 0 Å². The first kappa shape index (κ1) is 13.9. The summed E-state index contributed by atoms with van der Waals surface area (Å²) in [5, 5.41) is 3.73. The fourth-order valence-corrected chi connectivity index (χ4v) is 4.04. The third-order valence-electron chi connectivity index (χ3n) is 3.83. The SMILES string of the molecule is CNc1ccc2ccn(S(=O)(=O)C3(C)C=CC=CC3)c2n1. The second kappa shape index (κ2) is 4.73. The Hall–Kier alpha value is -2.08. The molecule has 1 N–H and O–H groups in total. The molecule has 3 rings (SSSR count). The van der Waals surface area contributed by atoms with Gasteiger partial charge in [0.05, 0.1) is 0 Å². The maximum Gasteiger partial charge on any atom is 0.249 e. The predicted octanol–water partition coefficient (Wildman–Crippen LogP) is 2.53. The van der Waals surface area contributed by atoms with E-state index < -0.39 is 14.8 Å². The van der Waals surface area contributed by atoms with Crippen molar-refractivity contribution in [2.75, 3.05) is 12.4 Å². The number of allylic oxidation sites excluding steroid dienone is 3. The molecule has 0 spiro atoms. The molecule has 1 atom stereocenters. The molecule has 0 bridgehead atoms. The van der Waals surface area contributed by atoms with Crippen molar-refractivity contribution in [3.63, 3.8) is 0 Å². The van der Waals surface area contributed by atoms with Crippen LogP contribution in [0.1, 0.15) is 13.3 Å². The lowest BCUT2D eigenvalue weighted by molar-refractivity contribution is 0.554. The highest BCUT2D eigenvalue weighted by molar-refractivity contribution is 7.91. The number of pyridine rings is 1. The summed E-state index contributed by atoms with van der Waals surface area (Å²) in [6, 6.07) is 5.45. The van der Waals surface area contributed by atoms with Crippen LogP contribution in [0.3, 0.4) is 0 Å². The maximum atomic E-state index is 13.0. The normalized spacial score (nSPS) is 21.8. The number of anilines is 1. The van der Waals surface area contributed by atoms with E-state index in [1.165, 1.54) is 3.97 Å². The molecule has 0 saturated heterocycles. The minimum atomic E-state index is -3.58. The van der Waals surface area contributed by atoms with Crippen molar-refractivity contribution >= 4 is 26.9 Å². The summed E-state index contributed by atoms with van der Waals surface area (Å²) < 4.78 is 26.3. The third-order valence-corrected chi connectivity index (χ3v) is 6.12. The van der Waals surface area contributed by atoms with Crippen LogP contribution in [0.25, 0.3) is 11.0 Å². The van der Waals surface area contributed by atoms with Gasteiger partial charge in [0.2, 0.25) is 10.0 Å². The topological polar surface area (TPSA) is 64.0 Å². The molecule has 1 aliphatic carbocycles. The van der Waals surface area contributed by atoms with Gasteiger partial charge < -0.3 is 5.32 Å². The standard InChI is InChI=1S/C15H17N3O2S/c1-15(9-4-3-5-10-15)21(19,20)18-11-8-12-6-7-13(16-2)17-14(12)18/h3-9,11H,10H2,1-2H3,(H,16,17). The molecule has 1 aliphatic rings. The van der Waals surface area contributed by atoms with Gasteiger partial charge in [-0.1, -0.05) is 24.3 Å². The smallest absolute Gasteiger partial charge is 0.249 e. The van der Waals surface area contributed by atoms with Crippen LogP contribution >= 0.6 is 0 Å². The molecule has 21 heavy (non-hydrogen) atoms. The zero-order valence-electron chi connectivity index (χ0n) is 11.9. The van der Waals surface area contributed by atoms with E-state index in [0.717, 1.165) is 5.39 Å².